The van der Waals surface area contributed by atoms with Crippen LogP contribution in [0.25, 0.3) is 0 Å². The summed E-state index contributed by atoms with van der Waals surface area (Å²) in [7, 11) is 1.74. The number of rotatable bonds is 8. The predicted octanol–water partition coefficient (Wildman–Crippen LogP) is 1.81. The smallest absolute Gasteiger partial charge is 0.0637 e. The third-order valence-electron chi connectivity index (χ3n) is 3.33. The molecule has 1 aliphatic carbocycles. The highest BCUT2D eigenvalue weighted by molar-refractivity contribution is 5.51. The van der Waals surface area contributed by atoms with E-state index in [4.69, 9.17) is 4.74 Å². The molecule has 4 nitrogen and oxygen atoms in total. The van der Waals surface area contributed by atoms with Gasteiger partial charge >= 0.3 is 0 Å². The summed E-state index contributed by atoms with van der Waals surface area (Å²) < 4.78 is 5.17. The summed E-state index contributed by atoms with van der Waals surface area (Å²) in [6.45, 7) is 5.74. The molecule has 0 spiro atoms. The van der Waals surface area contributed by atoms with E-state index in [1.165, 1.54) is 24.1 Å². The van der Waals surface area contributed by atoms with Crippen LogP contribution in [0.3, 0.4) is 0 Å². The maximum atomic E-state index is 5.17. The maximum Gasteiger partial charge on any atom is 0.0637 e. The SMILES string of the molecule is CCN(CCOC)c1cnccc1CNC1CC1. The molecule has 1 N–H and O–H groups in total. The van der Waals surface area contributed by atoms with Crippen molar-refractivity contribution in [2.75, 3.05) is 31.7 Å². The van der Waals surface area contributed by atoms with E-state index in [-0.39, 0.29) is 0 Å². The summed E-state index contributed by atoms with van der Waals surface area (Å²) in [6, 6.07) is 2.85. The lowest BCUT2D eigenvalue weighted by molar-refractivity contribution is 0.205. The molecule has 0 atom stereocenters. The van der Waals surface area contributed by atoms with Crippen molar-refractivity contribution in [2.24, 2.45) is 0 Å². The molecule has 0 bridgehead atoms. The van der Waals surface area contributed by atoms with Crippen LogP contribution in [0.5, 0.6) is 0 Å². The Morgan fingerprint density at radius 1 is 1.50 bits per heavy atom. The molecule has 100 valence electrons. The van der Waals surface area contributed by atoms with Gasteiger partial charge in [0.25, 0.3) is 0 Å². The highest BCUT2D eigenvalue weighted by Gasteiger charge is 2.20. The number of anilines is 1. The molecule has 1 aliphatic rings. The number of nitrogens with one attached hydrogen (secondary N) is 1. The number of aromatic nitrogens is 1. The lowest BCUT2D eigenvalue weighted by Crippen LogP contribution is -2.29. The van der Waals surface area contributed by atoms with E-state index in [2.05, 4.69) is 28.2 Å². The first-order chi connectivity index (χ1) is 8.85. The number of pyridine rings is 1. The highest BCUT2D eigenvalue weighted by Crippen LogP contribution is 2.22. The van der Waals surface area contributed by atoms with Crippen molar-refractivity contribution in [3.05, 3.63) is 24.0 Å². The Labute approximate surface area is 109 Å². The largest absolute Gasteiger partial charge is 0.383 e. The van der Waals surface area contributed by atoms with Crippen LogP contribution in [0, 0.1) is 0 Å². The Kier molecular flexibility index (Phi) is 4.96. The Bertz CT molecular complexity index is 366. The van der Waals surface area contributed by atoms with Crippen LogP contribution in [0.15, 0.2) is 18.5 Å². The molecule has 0 amide bonds. The monoisotopic (exact) mass is 249 g/mol. The fourth-order valence-corrected chi connectivity index (χ4v) is 2.04. The van der Waals surface area contributed by atoms with Crippen LogP contribution < -0.4 is 10.2 Å². The molecule has 0 saturated heterocycles. The van der Waals surface area contributed by atoms with Crippen molar-refractivity contribution in [2.45, 2.75) is 32.4 Å². The second kappa shape index (κ2) is 6.71. The number of methoxy groups -OCH3 is 1. The number of likely N-dealkylation sites (N-methyl/N-ethyl adjacent to an activating group) is 1. The number of ether oxygens (including phenoxy) is 1. The van der Waals surface area contributed by atoms with Gasteiger partial charge in [-0.1, -0.05) is 0 Å². The molecule has 0 aliphatic heterocycles. The lowest BCUT2D eigenvalue weighted by atomic mass is 10.2. The molecular weight excluding hydrogens is 226 g/mol. The molecule has 0 unspecified atom stereocenters. The molecule has 1 aromatic heterocycles. The summed E-state index contributed by atoms with van der Waals surface area (Å²) in [4.78, 5) is 6.57. The van der Waals surface area contributed by atoms with Crippen molar-refractivity contribution in [3.8, 4) is 0 Å². The number of hydrogen-bond donors (Lipinski definition) is 1. The molecule has 18 heavy (non-hydrogen) atoms. The summed E-state index contributed by atoms with van der Waals surface area (Å²) >= 11 is 0. The Morgan fingerprint density at radius 3 is 3.00 bits per heavy atom. The normalized spacial score (nSPS) is 14.8. The molecule has 1 heterocycles. The molecule has 2 rings (SSSR count). The van der Waals surface area contributed by atoms with E-state index < -0.39 is 0 Å². The summed E-state index contributed by atoms with van der Waals surface area (Å²) in [5.74, 6) is 0. The zero-order chi connectivity index (χ0) is 12.8. The molecule has 1 saturated carbocycles. The minimum atomic E-state index is 0.736. The van der Waals surface area contributed by atoms with E-state index in [1.54, 1.807) is 7.11 Å². The summed E-state index contributed by atoms with van der Waals surface area (Å²) in [6.07, 6.45) is 6.48. The van der Waals surface area contributed by atoms with Gasteiger partial charge in [0, 0.05) is 39.0 Å². The van der Waals surface area contributed by atoms with Gasteiger partial charge in [-0.25, -0.2) is 0 Å². The van der Waals surface area contributed by atoms with Crippen molar-refractivity contribution in [3.63, 3.8) is 0 Å². The van der Waals surface area contributed by atoms with Gasteiger partial charge in [-0.3, -0.25) is 4.98 Å². The fraction of sp³-hybridized carbons (Fsp3) is 0.643. The fourth-order valence-electron chi connectivity index (χ4n) is 2.04. The van der Waals surface area contributed by atoms with Crippen molar-refractivity contribution < 1.29 is 4.74 Å². The average molecular weight is 249 g/mol. The van der Waals surface area contributed by atoms with Crippen LogP contribution in [0.2, 0.25) is 0 Å². The zero-order valence-electron chi connectivity index (χ0n) is 11.4. The van der Waals surface area contributed by atoms with Gasteiger partial charge in [0.2, 0.25) is 0 Å². The van der Waals surface area contributed by atoms with E-state index >= 15 is 0 Å². The first-order valence-electron chi connectivity index (χ1n) is 6.75. The molecule has 1 aromatic rings. The van der Waals surface area contributed by atoms with Gasteiger partial charge in [0.15, 0.2) is 0 Å². The Hall–Kier alpha value is -1.13. The third-order valence-corrected chi connectivity index (χ3v) is 3.33. The third kappa shape index (κ3) is 3.68. The average Bonchev–Trinajstić information content (AvgIpc) is 3.22. The van der Waals surface area contributed by atoms with Gasteiger partial charge in [-0.05, 0) is 31.4 Å². The van der Waals surface area contributed by atoms with Crippen molar-refractivity contribution >= 4 is 5.69 Å². The second-order valence-electron chi connectivity index (χ2n) is 4.73. The van der Waals surface area contributed by atoms with E-state index in [1.807, 2.05) is 12.4 Å². The number of hydrogen-bond acceptors (Lipinski definition) is 4. The molecule has 1 fully saturated rings. The first kappa shape index (κ1) is 13.3. The zero-order valence-corrected chi connectivity index (χ0v) is 11.4. The van der Waals surface area contributed by atoms with Crippen molar-refractivity contribution in [1.82, 2.24) is 10.3 Å². The van der Waals surface area contributed by atoms with Gasteiger partial charge in [-0.2, -0.15) is 0 Å². The molecule has 0 radical (unpaired) electrons. The topological polar surface area (TPSA) is 37.4 Å². The van der Waals surface area contributed by atoms with Crippen LogP contribution in [-0.2, 0) is 11.3 Å². The van der Waals surface area contributed by atoms with E-state index in [9.17, 15) is 0 Å². The summed E-state index contributed by atoms with van der Waals surface area (Å²) in [5.41, 5.74) is 2.56. The Morgan fingerprint density at radius 2 is 2.33 bits per heavy atom. The van der Waals surface area contributed by atoms with Crippen LogP contribution in [0.1, 0.15) is 25.3 Å². The first-order valence-corrected chi connectivity index (χ1v) is 6.75. The Balaban J connectivity index is 2.02. The van der Waals surface area contributed by atoms with Gasteiger partial charge < -0.3 is 15.0 Å². The minimum absolute atomic E-state index is 0.736. The van der Waals surface area contributed by atoms with Gasteiger partial charge in [0.1, 0.15) is 0 Å². The van der Waals surface area contributed by atoms with E-state index in [0.29, 0.717) is 0 Å². The van der Waals surface area contributed by atoms with Crippen LogP contribution in [-0.4, -0.2) is 37.8 Å². The molecule has 4 heteroatoms. The predicted molar refractivity (Wildman–Crippen MR) is 73.9 cm³/mol. The van der Waals surface area contributed by atoms with Gasteiger partial charge in [0.05, 0.1) is 18.5 Å². The number of nitrogens with zero attached hydrogens (tertiary/aromatic N) is 2. The standard InChI is InChI=1S/C14H23N3O/c1-3-17(8-9-18-2)14-11-15-7-6-12(14)10-16-13-4-5-13/h6-7,11,13,16H,3-5,8-10H2,1-2H3. The van der Waals surface area contributed by atoms with Crippen LogP contribution in [0.4, 0.5) is 5.69 Å². The highest BCUT2D eigenvalue weighted by atomic mass is 16.5. The van der Waals surface area contributed by atoms with Crippen molar-refractivity contribution in [1.29, 1.82) is 0 Å². The lowest BCUT2D eigenvalue weighted by Gasteiger charge is -2.25. The molecule has 0 aromatic carbocycles. The maximum absolute atomic E-state index is 5.17. The van der Waals surface area contributed by atoms with E-state index in [0.717, 1.165) is 32.3 Å². The quantitative estimate of drug-likeness (QED) is 0.762. The molecular formula is C14H23N3O. The second-order valence-corrected chi connectivity index (χ2v) is 4.73. The van der Waals surface area contributed by atoms with Gasteiger partial charge in [-0.15, -0.1) is 0 Å². The van der Waals surface area contributed by atoms with Crippen LogP contribution >= 0.6 is 0 Å². The minimum Gasteiger partial charge on any atom is -0.383 e. The summed E-state index contributed by atoms with van der Waals surface area (Å²) in [5, 5.41) is 3.56.